The van der Waals surface area contributed by atoms with Gasteiger partial charge in [-0.2, -0.15) is 0 Å². The minimum absolute atomic E-state index is 0. The van der Waals surface area contributed by atoms with Crippen molar-refractivity contribution < 1.29 is 54.4 Å². The van der Waals surface area contributed by atoms with Gasteiger partial charge < -0.3 is 11.3 Å². The van der Waals surface area contributed by atoms with Crippen LogP contribution in [0.25, 0.3) is 0 Å². The Kier molecular flexibility index (Phi) is 9.87. The molecule has 0 amide bonds. The van der Waals surface area contributed by atoms with E-state index in [1.165, 1.54) is 7.11 Å². The molecule has 0 radical (unpaired) electrons. The number of phenolic OH excluding ortho intramolecular Hbond substituents is 1. The number of carbonyl (C=O) groups excluding carboxylic acids is 1. The van der Waals surface area contributed by atoms with E-state index in [0.717, 1.165) is 11.3 Å². The number of methoxy groups -OCH3 is 1. The number of aromatic hydroxyl groups is 1. The van der Waals surface area contributed by atoms with Gasteiger partial charge in [0.15, 0.2) is 23.1 Å². The first-order chi connectivity index (χ1) is 6.56. The molecule has 0 spiro atoms. The standard InChI is InChI=1S/C7H6F2O2.COS.Na.H/c1-11-7-3-5(9)4(8)2-6(7)10;2-1-3;;/h2-3,10H,1H3;;;/q;;+1;-1. The summed E-state index contributed by atoms with van der Waals surface area (Å²) in [5.74, 6) is -2.63. The Labute approximate surface area is 114 Å². The Hall–Kier alpha value is -0.520. The van der Waals surface area contributed by atoms with Crippen LogP contribution in [0.2, 0.25) is 0 Å². The van der Waals surface area contributed by atoms with Crippen LogP contribution in [-0.2, 0) is 4.79 Å². The Morgan fingerprint density at radius 3 is 2.27 bits per heavy atom. The van der Waals surface area contributed by atoms with Crippen molar-refractivity contribution in [1.29, 1.82) is 0 Å². The first kappa shape index (κ1) is 16.9. The molecule has 0 saturated heterocycles. The van der Waals surface area contributed by atoms with Crippen LogP contribution >= 0.6 is 12.2 Å². The molecule has 1 aromatic carbocycles. The summed E-state index contributed by atoms with van der Waals surface area (Å²) in [7, 11) is 1.26. The fraction of sp³-hybridized carbons (Fsp3) is 0.125. The normalized spacial score (nSPS) is 7.67. The van der Waals surface area contributed by atoms with Crippen molar-refractivity contribution in [2.75, 3.05) is 7.11 Å². The fourth-order valence-electron chi connectivity index (χ4n) is 0.682. The molecule has 0 atom stereocenters. The first-order valence-electron chi connectivity index (χ1n) is 3.28. The monoisotopic (exact) mass is 244 g/mol. The van der Waals surface area contributed by atoms with Gasteiger partial charge in [-0.25, -0.2) is 13.6 Å². The summed E-state index contributed by atoms with van der Waals surface area (Å²) >= 11 is 3.59. The molecule has 15 heavy (non-hydrogen) atoms. The maximum absolute atomic E-state index is 12.4. The van der Waals surface area contributed by atoms with Gasteiger partial charge in [0, 0.05) is 24.4 Å². The molecule has 0 saturated carbocycles. The van der Waals surface area contributed by atoms with Crippen molar-refractivity contribution in [3.8, 4) is 11.5 Å². The third kappa shape index (κ3) is 5.81. The molecule has 0 unspecified atom stereocenters. The average molecular weight is 244 g/mol. The molecule has 3 nitrogen and oxygen atoms in total. The van der Waals surface area contributed by atoms with Gasteiger partial charge in [-0.1, -0.05) is 0 Å². The summed E-state index contributed by atoms with van der Waals surface area (Å²) < 4.78 is 29.2. The Morgan fingerprint density at radius 1 is 1.47 bits per heavy atom. The van der Waals surface area contributed by atoms with Crippen molar-refractivity contribution in [2.45, 2.75) is 0 Å². The van der Waals surface area contributed by atoms with E-state index in [4.69, 9.17) is 9.90 Å². The number of halogens is 2. The number of ether oxygens (including phenoxy) is 1. The van der Waals surface area contributed by atoms with Gasteiger partial charge in [-0.05, 0) is 0 Å². The quantitative estimate of drug-likeness (QED) is 0.511. The van der Waals surface area contributed by atoms with E-state index in [9.17, 15) is 8.78 Å². The molecular weight excluding hydrogens is 237 g/mol. The van der Waals surface area contributed by atoms with Gasteiger partial charge in [0.25, 0.3) is 0 Å². The molecule has 0 aromatic heterocycles. The summed E-state index contributed by atoms with van der Waals surface area (Å²) in [4.78, 5) is 8.50. The number of benzene rings is 1. The van der Waals surface area contributed by atoms with E-state index in [-0.39, 0.29) is 36.7 Å². The Bertz CT molecular complexity index is 359. The summed E-state index contributed by atoms with van der Waals surface area (Å²) in [6.45, 7) is 0. The van der Waals surface area contributed by atoms with Crippen LogP contribution in [0.1, 0.15) is 1.43 Å². The molecule has 1 rings (SSSR count). The largest absolute Gasteiger partial charge is 1.00 e. The van der Waals surface area contributed by atoms with Crippen LogP contribution in [0.5, 0.6) is 11.5 Å². The first-order valence-corrected chi connectivity index (χ1v) is 3.69. The Morgan fingerprint density at radius 2 is 1.87 bits per heavy atom. The number of hydrogen-bond donors (Lipinski definition) is 1. The van der Waals surface area contributed by atoms with Crippen molar-refractivity contribution >= 4 is 17.5 Å². The summed E-state index contributed by atoms with van der Waals surface area (Å²) in [6.07, 6.45) is 0. The van der Waals surface area contributed by atoms with Gasteiger partial charge in [-0.15, -0.1) is 0 Å². The van der Waals surface area contributed by atoms with Gasteiger partial charge in [0.05, 0.1) is 7.11 Å². The predicted octanol–water partition coefficient (Wildman–Crippen LogP) is -0.953. The van der Waals surface area contributed by atoms with Crippen molar-refractivity contribution in [3.05, 3.63) is 23.8 Å². The molecule has 1 N–H and O–H groups in total. The summed E-state index contributed by atoms with van der Waals surface area (Å²) in [5.41, 5.74) is 0. The molecule has 0 fully saturated rings. The van der Waals surface area contributed by atoms with E-state index < -0.39 is 17.4 Å². The molecule has 0 aliphatic rings. The average Bonchev–Trinajstić information content (AvgIpc) is 2.12. The molecule has 0 aliphatic carbocycles. The molecule has 7 heteroatoms. The Balaban J connectivity index is -0.000000306. The van der Waals surface area contributed by atoms with Crippen LogP contribution in [0.15, 0.2) is 12.1 Å². The summed E-state index contributed by atoms with van der Waals surface area (Å²) in [5, 5.41) is 9.97. The topological polar surface area (TPSA) is 46.5 Å². The van der Waals surface area contributed by atoms with Gasteiger partial charge in [-0.3, -0.25) is 0 Å². The van der Waals surface area contributed by atoms with Crippen LogP contribution in [0, 0.1) is 11.6 Å². The number of thiocarbonyl (C=S) groups is 1. The second-order valence-corrected chi connectivity index (χ2v) is 2.19. The van der Waals surface area contributed by atoms with Crippen LogP contribution in [0.4, 0.5) is 8.78 Å². The molecule has 78 valence electrons. The zero-order valence-corrected chi connectivity index (χ0v) is 10.9. The SMILES string of the molecule is COc1cc(F)c(F)cc1O.O=C=S.[H-].[Na+]. The van der Waals surface area contributed by atoms with Crippen LogP contribution < -0.4 is 34.3 Å². The molecule has 0 bridgehead atoms. The zero-order valence-electron chi connectivity index (χ0n) is 9.08. The van der Waals surface area contributed by atoms with E-state index in [1.807, 2.05) is 0 Å². The zero-order chi connectivity index (χ0) is 11.1. The maximum atomic E-state index is 12.4. The van der Waals surface area contributed by atoms with Crippen LogP contribution in [-0.4, -0.2) is 17.4 Å². The number of rotatable bonds is 1. The number of hydrogen-bond acceptors (Lipinski definition) is 4. The van der Waals surface area contributed by atoms with E-state index in [0.29, 0.717) is 6.07 Å². The molecule has 0 heterocycles. The van der Waals surface area contributed by atoms with Crippen LogP contribution in [0.3, 0.4) is 0 Å². The molecule has 1 aromatic rings. The van der Waals surface area contributed by atoms with E-state index in [2.05, 4.69) is 17.0 Å². The second-order valence-electron chi connectivity index (χ2n) is 2.02. The molecule has 0 aliphatic heterocycles. The smallest absolute Gasteiger partial charge is 1.00 e. The summed E-state index contributed by atoms with van der Waals surface area (Å²) in [6, 6.07) is 1.44. The second kappa shape index (κ2) is 8.76. The third-order valence-corrected chi connectivity index (χ3v) is 1.22. The maximum Gasteiger partial charge on any atom is 1.00 e. The van der Waals surface area contributed by atoms with E-state index >= 15 is 0 Å². The van der Waals surface area contributed by atoms with Crippen molar-refractivity contribution in [3.63, 3.8) is 0 Å². The van der Waals surface area contributed by atoms with Crippen molar-refractivity contribution in [2.24, 2.45) is 0 Å². The van der Waals surface area contributed by atoms with Gasteiger partial charge in [0.2, 0.25) is 5.23 Å². The molecular formula is C8H7F2NaO3S. The van der Waals surface area contributed by atoms with Gasteiger partial charge >= 0.3 is 29.6 Å². The number of phenols is 1. The fourth-order valence-corrected chi connectivity index (χ4v) is 0.682. The van der Waals surface area contributed by atoms with Gasteiger partial charge in [0.1, 0.15) is 0 Å². The van der Waals surface area contributed by atoms with Crippen molar-refractivity contribution in [1.82, 2.24) is 0 Å². The minimum atomic E-state index is -1.09. The van der Waals surface area contributed by atoms with E-state index in [1.54, 1.807) is 0 Å². The predicted molar refractivity (Wildman–Crippen MR) is 49.0 cm³/mol. The minimum Gasteiger partial charge on any atom is -1.00 e. The third-order valence-electron chi connectivity index (χ3n) is 1.22.